The Bertz CT molecular complexity index is 650. The summed E-state index contributed by atoms with van der Waals surface area (Å²) < 4.78 is 5.59. The molecule has 0 spiro atoms. The molecular formula is C16H15ClO3. The third kappa shape index (κ3) is 3.31. The van der Waals surface area contributed by atoms with Gasteiger partial charge in [0.05, 0.1) is 0 Å². The van der Waals surface area contributed by atoms with Crippen molar-refractivity contribution in [1.29, 1.82) is 0 Å². The van der Waals surface area contributed by atoms with Gasteiger partial charge in [-0.2, -0.15) is 0 Å². The minimum atomic E-state index is -1.03. The number of ether oxygens (including phenoxy) is 1. The van der Waals surface area contributed by atoms with Gasteiger partial charge in [0.25, 0.3) is 0 Å². The highest BCUT2D eigenvalue weighted by molar-refractivity contribution is 6.30. The Kier molecular flexibility index (Phi) is 4.30. The number of benzene rings is 2. The molecule has 1 N–H and O–H groups in total. The topological polar surface area (TPSA) is 46.5 Å². The van der Waals surface area contributed by atoms with Crippen molar-refractivity contribution < 1.29 is 14.6 Å². The Hall–Kier alpha value is -2.00. The maximum atomic E-state index is 11.1. The van der Waals surface area contributed by atoms with E-state index in [0.717, 1.165) is 5.56 Å². The van der Waals surface area contributed by atoms with Crippen molar-refractivity contribution in [2.24, 2.45) is 0 Å². The van der Waals surface area contributed by atoms with Gasteiger partial charge in [0.1, 0.15) is 17.9 Å². The standard InChI is InChI=1S/C16H15ClO3/c1-10-3-4-12(7-11(10)2)9-20-15-8-13(17)5-6-14(15)16(18)19/h3-8H,9H2,1-2H3,(H,18,19). The van der Waals surface area contributed by atoms with Crippen LogP contribution in [0.1, 0.15) is 27.0 Å². The summed E-state index contributed by atoms with van der Waals surface area (Å²) in [6.45, 7) is 4.38. The normalized spacial score (nSPS) is 10.3. The van der Waals surface area contributed by atoms with E-state index in [0.29, 0.717) is 11.6 Å². The fourth-order valence-corrected chi connectivity index (χ4v) is 2.01. The van der Waals surface area contributed by atoms with E-state index in [1.54, 1.807) is 0 Å². The van der Waals surface area contributed by atoms with E-state index >= 15 is 0 Å². The maximum Gasteiger partial charge on any atom is 0.339 e. The molecule has 0 aliphatic carbocycles. The Morgan fingerprint density at radius 1 is 1.15 bits per heavy atom. The summed E-state index contributed by atoms with van der Waals surface area (Å²) in [5.74, 6) is -0.750. The predicted octanol–water partition coefficient (Wildman–Crippen LogP) is 4.23. The number of halogens is 1. The van der Waals surface area contributed by atoms with Crippen LogP contribution in [0, 0.1) is 13.8 Å². The molecule has 0 atom stereocenters. The lowest BCUT2D eigenvalue weighted by Crippen LogP contribution is -2.03. The number of hydrogen-bond donors (Lipinski definition) is 1. The molecule has 0 aliphatic heterocycles. The summed E-state index contributed by atoms with van der Waals surface area (Å²) in [4.78, 5) is 11.1. The largest absolute Gasteiger partial charge is 0.488 e. The Morgan fingerprint density at radius 2 is 1.90 bits per heavy atom. The lowest BCUT2D eigenvalue weighted by Gasteiger charge is -2.10. The zero-order valence-electron chi connectivity index (χ0n) is 11.3. The van der Waals surface area contributed by atoms with Crippen molar-refractivity contribution in [2.75, 3.05) is 0 Å². The molecule has 20 heavy (non-hydrogen) atoms. The third-order valence-corrected chi connectivity index (χ3v) is 3.37. The summed E-state index contributed by atoms with van der Waals surface area (Å²) in [6, 6.07) is 10.5. The summed E-state index contributed by atoms with van der Waals surface area (Å²) in [5.41, 5.74) is 3.49. The van der Waals surface area contributed by atoms with E-state index in [1.807, 2.05) is 32.0 Å². The highest BCUT2D eigenvalue weighted by atomic mass is 35.5. The van der Waals surface area contributed by atoms with Gasteiger partial charge in [-0.05, 0) is 48.7 Å². The first-order valence-corrected chi connectivity index (χ1v) is 6.57. The van der Waals surface area contributed by atoms with Crippen molar-refractivity contribution in [3.05, 3.63) is 63.7 Å². The van der Waals surface area contributed by atoms with E-state index in [-0.39, 0.29) is 11.3 Å². The van der Waals surface area contributed by atoms with Crippen molar-refractivity contribution in [3.63, 3.8) is 0 Å². The van der Waals surface area contributed by atoms with E-state index in [2.05, 4.69) is 0 Å². The summed E-state index contributed by atoms with van der Waals surface area (Å²) in [6.07, 6.45) is 0. The van der Waals surface area contributed by atoms with Crippen LogP contribution in [0.5, 0.6) is 5.75 Å². The van der Waals surface area contributed by atoms with Crippen molar-refractivity contribution in [3.8, 4) is 5.75 Å². The van der Waals surface area contributed by atoms with Crippen LogP contribution in [-0.2, 0) is 6.61 Å². The van der Waals surface area contributed by atoms with Crippen molar-refractivity contribution >= 4 is 17.6 Å². The van der Waals surface area contributed by atoms with Crippen LogP contribution in [0.15, 0.2) is 36.4 Å². The molecule has 4 heteroatoms. The van der Waals surface area contributed by atoms with E-state index < -0.39 is 5.97 Å². The van der Waals surface area contributed by atoms with E-state index in [1.165, 1.54) is 29.3 Å². The number of aryl methyl sites for hydroxylation is 2. The van der Waals surface area contributed by atoms with Crippen LogP contribution in [0.4, 0.5) is 0 Å². The first-order valence-electron chi connectivity index (χ1n) is 6.19. The number of aromatic carboxylic acids is 1. The van der Waals surface area contributed by atoms with Crippen LogP contribution in [0.2, 0.25) is 5.02 Å². The Balaban J connectivity index is 2.20. The maximum absolute atomic E-state index is 11.1. The molecule has 2 rings (SSSR count). The molecule has 0 amide bonds. The van der Waals surface area contributed by atoms with E-state index in [4.69, 9.17) is 21.4 Å². The smallest absolute Gasteiger partial charge is 0.339 e. The minimum absolute atomic E-state index is 0.109. The first-order chi connectivity index (χ1) is 9.47. The molecule has 2 aromatic carbocycles. The lowest BCUT2D eigenvalue weighted by atomic mass is 10.1. The molecule has 0 saturated carbocycles. The SMILES string of the molecule is Cc1ccc(COc2cc(Cl)ccc2C(=O)O)cc1C. The van der Waals surface area contributed by atoms with Crippen molar-refractivity contribution in [2.45, 2.75) is 20.5 Å². The lowest BCUT2D eigenvalue weighted by molar-refractivity contribution is 0.0692. The number of carbonyl (C=O) groups is 1. The van der Waals surface area contributed by atoms with Crippen molar-refractivity contribution in [1.82, 2.24) is 0 Å². The molecule has 3 nitrogen and oxygen atoms in total. The van der Waals surface area contributed by atoms with Gasteiger partial charge in [0.15, 0.2) is 0 Å². The zero-order valence-corrected chi connectivity index (χ0v) is 12.1. The second-order valence-corrected chi connectivity index (χ2v) is 5.09. The predicted molar refractivity (Wildman–Crippen MR) is 78.7 cm³/mol. The van der Waals surface area contributed by atoms with Crippen LogP contribution >= 0.6 is 11.6 Å². The molecule has 0 aromatic heterocycles. The van der Waals surface area contributed by atoms with Gasteiger partial charge in [-0.15, -0.1) is 0 Å². The summed E-state index contributed by atoms with van der Waals surface area (Å²) in [7, 11) is 0. The molecule has 0 aliphatic rings. The second-order valence-electron chi connectivity index (χ2n) is 4.65. The molecule has 104 valence electrons. The van der Waals surface area contributed by atoms with Gasteiger partial charge >= 0.3 is 5.97 Å². The number of rotatable bonds is 4. The van der Waals surface area contributed by atoms with Gasteiger partial charge in [-0.1, -0.05) is 29.8 Å². The summed E-state index contributed by atoms with van der Waals surface area (Å²) in [5, 5.41) is 9.56. The fourth-order valence-electron chi connectivity index (χ4n) is 1.85. The summed E-state index contributed by atoms with van der Waals surface area (Å²) >= 11 is 5.88. The average molecular weight is 291 g/mol. The molecular weight excluding hydrogens is 276 g/mol. The van der Waals surface area contributed by atoms with Crippen LogP contribution in [0.3, 0.4) is 0 Å². The Morgan fingerprint density at radius 3 is 2.55 bits per heavy atom. The van der Waals surface area contributed by atoms with E-state index in [9.17, 15) is 4.79 Å². The quantitative estimate of drug-likeness (QED) is 0.916. The van der Waals surface area contributed by atoms with Crippen LogP contribution in [-0.4, -0.2) is 11.1 Å². The van der Waals surface area contributed by atoms with Crippen LogP contribution in [0.25, 0.3) is 0 Å². The highest BCUT2D eigenvalue weighted by Crippen LogP contribution is 2.24. The molecule has 0 saturated heterocycles. The van der Waals surface area contributed by atoms with Gasteiger partial charge in [-0.3, -0.25) is 0 Å². The molecule has 0 radical (unpaired) electrons. The monoisotopic (exact) mass is 290 g/mol. The zero-order chi connectivity index (χ0) is 14.7. The highest BCUT2D eigenvalue weighted by Gasteiger charge is 2.12. The van der Waals surface area contributed by atoms with Crippen LogP contribution < -0.4 is 4.74 Å². The molecule has 0 bridgehead atoms. The molecule has 0 unspecified atom stereocenters. The average Bonchev–Trinajstić information content (AvgIpc) is 2.40. The number of hydrogen-bond acceptors (Lipinski definition) is 2. The number of carboxylic acids is 1. The fraction of sp³-hybridized carbons (Fsp3) is 0.188. The second kappa shape index (κ2) is 5.97. The molecule has 2 aromatic rings. The molecule has 0 heterocycles. The van der Waals surface area contributed by atoms with Gasteiger partial charge in [0, 0.05) is 5.02 Å². The third-order valence-electron chi connectivity index (χ3n) is 3.14. The van der Waals surface area contributed by atoms with Gasteiger partial charge in [0.2, 0.25) is 0 Å². The minimum Gasteiger partial charge on any atom is -0.488 e. The number of carboxylic acid groups (broad SMARTS) is 1. The molecule has 0 fully saturated rings. The van der Waals surface area contributed by atoms with Gasteiger partial charge < -0.3 is 9.84 Å². The Labute approximate surface area is 122 Å². The first kappa shape index (κ1) is 14.4. The van der Waals surface area contributed by atoms with Gasteiger partial charge in [-0.25, -0.2) is 4.79 Å².